The molecule has 0 radical (unpaired) electrons. The fraction of sp³-hybridized carbons (Fsp3) is 0.118. The van der Waals surface area contributed by atoms with E-state index >= 15 is 0 Å². The predicted octanol–water partition coefficient (Wildman–Crippen LogP) is 2.12. The Hall–Kier alpha value is -2.99. The number of esters is 1. The number of aliphatic hydroxyl groups is 1. The molecule has 0 unspecified atom stereocenters. The van der Waals surface area contributed by atoms with E-state index in [0.717, 1.165) is 5.69 Å². The molecule has 116 valence electrons. The fourth-order valence-corrected chi connectivity index (χ4v) is 2.07. The van der Waals surface area contributed by atoms with Gasteiger partial charge in [-0.05, 0) is 29.8 Å². The largest absolute Gasteiger partial charge is 0.455 e. The van der Waals surface area contributed by atoms with Gasteiger partial charge in [0, 0.05) is 0 Å². The molecule has 0 bridgehead atoms. The molecule has 0 aliphatic rings. The lowest BCUT2D eigenvalue weighted by Gasteiger charge is -2.04. The second kappa shape index (κ2) is 6.85. The summed E-state index contributed by atoms with van der Waals surface area (Å²) in [5.74, 6) is -0.463. The monoisotopic (exact) mass is 309 g/mol. The van der Waals surface area contributed by atoms with Crippen LogP contribution in [0.4, 0.5) is 0 Å². The number of rotatable bonds is 5. The van der Waals surface area contributed by atoms with Gasteiger partial charge in [0.1, 0.15) is 12.3 Å². The maximum atomic E-state index is 12.0. The molecule has 6 nitrogen and oxygen atoms in total. The minimum Gasteiger partial charge on any atom is -0.455 e. The van der Waals surface area contributed by atoms with Crippen LogP contribution in [0.1, 0.15) is 21.6 Å². The molecule has 1 heterocycles. The normalized spacial score (nSPS) is 10.5. The van der Waals surface area contributed by atoms with Crippen molar-refractivity contribution in [3.8, 4) is 5.69 Å². The van der Waals surface area contributed by atoms with Gasteiger partial charge in [-0.1, -0.05) is 30.3 Å². The third-order valence-corrected chi connectivity index (χ3v) is 3.22. The number of benzene rings is 2. The lowest BCUT2D eigenvalue weighted by atomic mass is 10.1. The smallest absolute Gasteiger partial charge is 0.338 e. The summed E-state index contributed by atoms with van der Waals surface area (Å²) in [4.78, 5) is 13.5. The Morgan fingerprint density at radius 3 is 2.74 bits per heavy atom. The van der Waals surface area contributed by atoms with Crippen LogP contribution in [0.3, 0.4) is 0 Å². The van der Waals surface area contributed by atoms with E-state index < -0.39 is 5.97 Å². The number of aliphatic hydroxyl groups excluding tert-OH is 1. The van der Waals surface area contributed by atoms with Crippen LogP contribution in [0.5, 0.6) is 0 Å². The van der Waals surface area contributed by atoms with E-state index in [1.54, 1.807) is 30.5 Å². The first-order chi connectivity index (χ1) is 11.3. The molecule has 0 atom stereocenters. The third-order valence-electron chi connectivity index (χ3n) is 3.22. The molecule has 0 aliphatic heterocycles. The van der Waals surface area contributed by atoms with Crippen molar-refractivity contribution in [2.45, 2.75) is 13.2 Å². The molecule has 0 spiro atoms. The summed E-state index contributed by atoms with van der Waals surface area (Å²) in [6.07, 6.45) is 1.56. The Bertz CT molecular complexity index is 800. The van der Waals surface area contributed by atoms with Crippen molar-refractivity contribution in [3.63, 3.8) is 0 Å². The van der Waals surface area contributed by atoms with Gasteiger partial charge >= 0.3 is 5.97 Å². The van der Waals surface area contributed by atoms with Crippen molar-refractivity contribution in [2.75, 3.05) is 0 Å². The Morgan fingerprint density at radius 2 is 1.96 bits per heavy atom. The van der Waals surface area contributed by atoms with Crippen LogP contribution in [-0.4, -0.2) is 26.1 Å². The van der Waals surface area contributed by atoms with E-state index in [9.17, 15) is 4.79 Å². The SMILES string of the molecule is O=C(OCc1cnn(-c2ccccc2)n1)c1cccc(CO)c1. The van der Waals surface area contributed by atoms with E-state index in [1.807, 2.05) is 30.3 Å². The maximum absolute atomic E-state index is 12.0. The topological polar surface area (TPSA) is 77.2 Å². The highest BCUT2D eigenvalue weighted by molar-refractivity contribution is 5.89. The molecule has 0 amide bonds. The van der Waals surface area contributed by atoms with Crippen molar-refractivity contribution in [1.82, 2.24) is 15.0 Å². The molecule has 3 rings (SSSR count). The second-order valence-corrected chi connectivity index (χ2v) is 4.90. The van der Waals surface area contributed by atoms with Crippen molar-refractivity contribution in [1.29, 1.82) is 0 Å². The van der Waals surface area contributed by atoms with Crippen LogP contribution >= 0.6 is 0 Å². The molecule has 1 aromatic heterocycles. The second-order valence-electron chi connectivity index (χ2n) is 4.90. The molecular weight excluding hydrogens is 294 g/mol. The Labute approximate surface area is 133 Å². The summed E-state index contributed by atoms with van der Waals surface area (Å²) in [7, 11) is 0. The first-order valence-electron chi connectivity index (χ1n) is 7.10. The minimum atomic E-state index is -0.463. The fourth-order valence-electron chi connectivity index (χ4n) is 2.07. The molecule has 0 saturated heterocycles. The molecule has 0 fully saturated rings. The molecule has 1 N–H and O–H groups in total. The minimum absolute atomic E-state index is 0.0367. The van der Waals surface area contributed by atoms with E-state index in [-0.39, 0.29) is 13.2 Å². The van der Waals surface area contributed by atoms with Crippen LogP contribution < -0.4 is 0 Å². The number of nitrogens with zero attached hydrogens (tertiary/aromatic N) is 3. The van der Waals surface area contributed by atoms with Crippen molar-refractivity contribution >= 4 is 5.97 Å². The maximum Gasteiger partial charge on any atom is 0.338 e. The highest BCUT2D eigenvalue weighted by atomic mass is 16.5. The van der Waals surface area contributed by atoms with Gasteiger partial charge in [-0.3, -0.25) is 0 Å². The van der Waals surface area contributed by atoms with Gasteiger partial charge in [0.2, 0.25) is 0 Å². The van der Waals surface area contributed by atoms with Crippen LogP contribution in [-0.2, 0) is 18.0 Å². The Morgan fingerprint density at radius 1 is 1.13 bits per heavy atom. The molecule has 0 aliphatic carbocycles. The standard InChI is InChI=1S/C17H15N3O3/c21-11-13-5-4-6-14(9-13)17(22)23-12-15-10-18-20(19-15)16-7-2-1-3-8-16/h1-10,21H,11-12H2. The number of carbonyl (C=O) groups is 1. The number of ether oxygens (including phenoxy) is 1. The number of para-hydroxylation sites is 1. The van der Waals surface area contributed by atoms with Crippen LogP contribution in [0.15, 0.2) is 60.8 Å². The van der Waals surface area contributed by atoms with Gasteiger partial charge in [0.25, 0.3) is 0 Å². The Kier molecular flexibility index (Phi) is 4.44. The summed E-state index contributed by atoms with van der Waals surface area (Å²) in [6.45, 7) is -0.0818. The quantitative estimate of drug-likeness (QED) is 0.730. The van der Waals surface area contributed by atoms with E-state index in [1.165, 1.54) is 4.80 Å². The highest BCUT2D eigenvalue weighted by Gasteiger charge is 2.10. The van der Waals surface area contributed by atoms with Gasteiger partial charge in [-0.25, -0.2) is 4.79 Å². The number of hydrogen-bond acceptors (Lipinski definition) is 5. The van der Waals surface area contributed by atoms with Crippen molar-refractivity contribution in [2.24, 2.45) is 0 Å². The van der Waals surface area contributed by atoms with Crippen molar-refractivity contribution in [3.05, 3.63) is 77.6 Å². The number of carbonyl (C=O) groups excluding carboxylic acids is 1. The molecule has 2 aromatic carbocycles. The average Bonchev–Trinajstić information content (AvgIpc) is 3.09. The van der Waals surface area contributed by atoms with Gasteiger partial charge < -0.3 is 9.84 Å². The summed E-state index contributed by atoms with van der Waals surface area (Å²) in [5.41, 5.74) is 2.45. The Balaban J connectivity index is 1.64. The summed E-state index contributed by atoms with van der Waals surface area (Å²) in [5, 5.41) is 17.5. The van der Waals surface area contributed by atoms with Gasteiger partial charge in [0.05, 0.1) is 24.1 Å². The third kappa shape index (κ3) is 3.61. The van der Waals surface area contributed by atoms with Crippen molar-refractivity contribution < 1.29 is 14.6 Å². The van der Waals surface area contributed by atoms with Crippen LogP contribution in [0.2, 0.25) is 0 Å². The van der Waals surface area contributed by atoms with Gasteiger partial charge in [-0.2, -0.15) is 9.90 Å². The first kappa shape index (κ1) is 14.9. The van der Waals surface area contributed by atoms with Gasteiger partial charge in [-0.15, -0.1) is 5.10 Å². The average molecular weight is 309 g/mol. The predicted molar refractivity (Wildman–Crippen MR) is 82.8 cm³/mol. The molecular formula is C17H15N3O3. The summed E-state index contributed by atoms with van der Waals surface area (Å²) >= 11 is 0. The lowest BCUT2D eigenvalue weighted by Crippen LogP contribution is -2.06. The lowest BCUT2D eigenvalue weighted by molar-refractivity contribution is 0.0467. The first-order valence-corrected chi connectivity index (χ1v) is 7.10. The van der Waals surface area contributed by atoms with E-state index in [4.69, 9.17) is 9.84 Å². The zero-order chi connectivity index (χ0) is 16.1. The molecule has 6 heteroatoms. The van der Waals surface area contributed by atoms with Gasteiger partial charge in [0.15, 0.2) is 0 Å². The summed E-state index contributed by atoms with van der Waals surface area (Å²) in [6, 6.07) is 16.2. The summed E-state index contributed by atoms with van der Waals surface area (Å²) < 4.78 is 5.23. The molecule has 23 heavy (non-hydrogen) atoms. The van der Waals surface area contributed by atoms with Crippen LogP contribution in [0, 0.1) is 0 Å². The highest BCUT2D eigenvalue weighted by Crippen LogP contribution is 2.09. The number of aromatic nitrogens is 3. The van der Waals surface area contributed by atoms with E-state index in [0.29, 0.717) is 16.8 Å². The van der Waals surface area contributed by atoms with Crippen LogP contribution in [0.25, 0.3) is 5.69 Å². The number of hydrogen-bond donors (Lipinski definition) is 1. The molecule has 3 aromatic rings. The van der Waals surface area contributed by atoms with E-state index in [2.05, 4.69) is 10.2 Å². The zero-order valence-corrected chi connectivity index (χ0v) is 12.3. The zero-order valence-electron chi connectivity index (χ0n) is 12.3. The molecule has 0 saturated carbocycles.